The highest BCUT2D eigenvalue weighted by Crippen LogP contribution is 2.34. The van der Waals surface area contributed by atoms with E-state index in [1.165, 1.54) is 6.07 Å². The zero-order chi connectivity index (χ0) is 14.4. The molecule has 3 nitrogen and oxygen atoms in total. The number of rotatable bonds is 6. The highest BCUT2D eigenvalue weighted by Gasteiger charge is 2.29. The van der Waals surface area contributed by atoms with Crippen LogP contribution in [0.2, 0.25) is 0 Å². The Morgan fingerprint density at radius 2 is 2.30 bits per heavy atom. The van der Waals surface area contributed by atoms with E-state index in [4.69, 9.17) is 9.47 Å². The number of methoxy groups -OCH3 is 1. The first-order chi connectivity index (χ1) is 9.72. The van der Waals surface area contributed by atoms with E-state index in [0.29, 0.717) is 24.7 Å². The number of benzene rings is 1. The maximum absolute atomic E-state index is 14.0. The topological polar surface area (TPSA) is 30.5 Å². The molecule has 1 heterocycles. The fourth-order valence-electron chi connectivity index (χ4n) is 2.74. The zero-order valence-corrected chi connectivity index (χ0v) is 12.3. The molecule has 1 aliphatic rings. The molecule has 2 atom stereocenters. The minimum Gasteiger partial charge on any atom is -0.383 e. The summed E-state index contributed by atoms with van der Waals surface area (Å²) in [5.74, 6) is 0.154. The van der Waals surface area contributed by atoms with Gasteiger partial charge in [-0.05, 0) is 25.8 Å². The molecule has 4 heteroatoms. The minimum absolute atomic E-state index is 0.140. The summed E-state index contributed by atoms with van der Waals surface area (Å²) in [6.07, 6.45) is 1.97. The van der Waals surface area contributed by atoms with Crippen LogP contribution in [-0.2, 0) is 9.47 Å². The minimum atomic E-state index is -0.163. The standard InChI is InChI=1S/C16H24FNO2/c1-12-5-6-15(17)14(10-12)16-13(4-3-8-20-16)11-18-7-9-19-2/h5-6,10,13,16,18H,3-4,7-9,11H2,1-2H3. The summed E-state index contributed by atoms with van der Waals surface area (Å²) in [5, 5.41) is 3.36. The molecular weight excluding hydrogens is 257 g/mol. The van der Waals surface area contributed by atoms with Crippen molar-refractivity contribution in [3.63, 3.8) is 0 Å². The average molecular weight is 281 g/mol. The van der Waals surface area contributed by atoms with Crippen LogP contribution in [0.4, 0.5) is 4.39 Å². The molecule has 1 aliphatic heterocycles. The average Bonchev–Trinajstić information content (AvgIpc) is 2.47. The van der Waals surface area contributed by atoms with Crippen molar-refractivity contribution in [1.82, 2.24) is 5.32 Å². The third-order valence-electron chi connectivity index (χ3n) is 3.79. The molecule has 0 aliphatic carbocycles. The van der Waals surface area contributed by atoms with Crippen LogP contribution in [0.15, 0.2) is 18.2 Å². The largest absolute Gasteiger partial charge is 0.383 e. The fourth-order valence-corrected chi connectivity index (χ4v) is 2.74. The van der Waals surface area contributed by atoms with Gasteiger partial charge in [-0.3, -0.25) is 0 Å². The Kier molecular flexibility index (Phi) is 5.95. The summed E-state index contributed by atoms with van der Waals surface area (Å²) in [6.45, 7) is 5.04. The van der Waals surface area contributed by atoms with Crippen LogP contribution in [0, 0.1) is 18.7 Å². The molecule has 0 amide bonds. The highest BCUT2D eigenvalue weighted by molar-refractivity contribution is 5.26. The number of hydrogen-bond acceptors (Lipinski definition) is 3. The summed E-state index contributed by atoms with van der Waals surface area (Å²) in [4.78, 5) is 0. The smallest absolute Gasteiger partial charge is 0.129 e. The van der Waals surface area contributed by atoms with E-state index in [1.807, 2.05) is 13.0 Å². The predicted octanol–water partition coefficient (Wildman–Crippen LogP) is 2.84. The molecule has 0 aromatic heterocycles. The van der Waals surface area contributed by atoms with Crippen molar-refractivity contribution in [2.24, 2.45) is 5.92 Å². The van der Waals surface area contributed by atoms with Gasteiger partial charge in [0.2, 0.25) is 0 Å². The lowest BCUT2D eigenvalue weighted by molar-refractivity contribution is -0.0299. The second-order valence-electron chi connectivity index (χ2n) is 5.42. The molecule has 1 saturated heterocycles. The fraction of sp³-hybridized carbons (Fsp3) is 0.625. The Morgan fingerprint density at radius 3 is 3.10 bits per heavy atom. The van der Waals surface area contributed by atoms with Crippen LogP contribution in [0.3, 0.4) is 0 Å². The van der Waals surface area contributed by atoms with Crippen LogP contribution in [0.1, 0.15) is 30.1 Å². The van der Waals surface area contributed by atoms with Gasteiger partial charge in [0, 0.05) is 38.3 Å². The lowest BCUT2D eigenvalue weighted by Gasteiger charge is -2.32. The summed E-state index contributed by atoms with van der Waals surface area (Å²) in [7, 11) is 1.69. The molecule has 1 aromatic rings. The molecule has 0 saturated carbocycles. The summed E-state index contributed by atoms with van der Waals surface area (Å²) in [6, 6.07) is 5.25. The first-order valence-electron chi connectivity index (χ1n) is 7.29. The van der Waals surface area contributed by atoms with Gasteiger partial charge in [0.15, 0.2) is 0 Å². The Morgan fingerprint density at radius 1 is 1.45 bits per heavy atom. The van der Waals surface area contributed by atoms with E-state index < -0.39 is 0 Å². The van der Waals surface area contributed by atoms with Crippen molar-refractivity contribution >= 4 is 0 Å². The number of nitrogens with one attached hydrogen (secondary N) is 1. The molecule has 2 rings (SSSR count). The van der Waals surface area contributed by atoms with Crippen molar-refractivity contribution in [2.75, 3.05) is 33.4 Å². The van der Waals surface area contributed by atoms with Crippen molar-refractivity contribution in [2.45, 2.75) is 25.9 Å². The van der Waals surface area contributed by atoms with Crippen molar-refractivity contribution < 1.29 is 13.9 Å². The van der Waals surface area contributed by atoms with Crippen LogP contribution in [-0.4, -0.2) is 33.4 Å². The zero-order valence-electron chi connectivity index (χ0n) is 12.3. The molecule has 2 unspecified atom stereocenters. The van der Waals surface area contributed by atoms with E-state index in [9.17, 15) is 4.39 Å². The molecule has 0 spiro atoms. The molecular formula is C16H24FNO2. The van der Waals surface area contributed by atoms with E-state index in [2.05, 4.69) is 5.32 Å². The van der Waals surface area contributed by atoms with Crippen LogP contribution in [0.25, 0.3) is 0 Å². The lowest BCUT2D eigenvalue weighted by Crippen LogP contribution is -2.33. The Balaban J connectivity index is 2.04. The van der Waals surface area contributed by atoms with Gasteiger partial charge in [0.25, 0.3) is 0 Å². The molecule has 1 aromatic carbocycles. The lowest BCUT2D eigenvalue weighted by atomic mass is 9.88. The molecule has 20 heavy (non-hydrogen) atoms. The van der Waals surface area contributed by atoms with E-state index in [1.54, 1.807) is 13.2 Å². The molecule has 1 N–H and O–H groups in total. The van der Waals surface area contributed by atoms with Gasteiger partial charge in [-0.1, -0.05) is 17.7 Å². The normalized spacial score (nSPS) is 22.9. The molecule has 0 bridgehead atoms. The van der Waals surface area contributed by atoms with Crippen LogP contribution < -0.4 is 5.32 Å². The van der Waals surface area contributed by atoms with Gasteiger partial charge in [-0.15, -0.1) is 0 Å². The molecule has 0 radical (unpaired) electrons. The van der Waals surface area contributed by atoms with Crippen LogP contribution in [0.5, 0.6) is 0 Å². The van der Waals surface area contributed by atoms with E-state index in [0.717, 1.165) is 31.5 Å². The summed E-state index contributed by atoms with van der Waals surface area (Å²) in [5.41, 5.74) is 1.77. The monoisotopic (exact) mass is 281 g/mol. The SMILES string of the molecule is COCCNCC1CCCOC1c1cc(C)ccc1F. The van der Waals surface area contributed by atoms with E-state index >= 15 is 0 Å². The van der Waals surface area contributed by atoms with Gasteiger partial charge in [0.1, 0.15) is 5.82 Å². The van der Waals surface area contributed by atoms with Gasteiger partial charge >= 0.3 is 0 Å². The number of halogens is 1. The van der Waals surface area contributed by atoms with Gasteiger partial charge in [-0.25, -0.2) is 4.39 Å². The number of aryl methyl sites for hydroxylation is 1. The second kappa shape index (κ2) is 7.72. The Hall–Kier alpha value is -0.970. The van der Waals surface area contributed by atoms with Crippen molar-refractivity contribution in [3.05, 3.63) is 35.1 Å². The third kappa shape index (κ3) is 4.01. The van der Waals surface area contributed by atoms with Crippen LogP contribution >= 0.6 is 0 Å². The van der Waals surface area contributed by atoms with Crippen molar-refractivity contribution in [3.8, 4) is 0 Å². The third-order valence-corrected chi connectivity index (χ3v) is 3.79. The maximum atomic E-state index is 14.0. The summed E-state index contributed by atoms with van der Waals surface area (Å²) >= 11 is 0. The number of ether oxygens (including phenoxy) is 2. The highest BCUT2D eigenvalue weighted by atomic mass is 19.1. The quantitative estimate of drug-likeness (QED) is 0.813. The van der Waals surface area contributed by atoms with E-state index in [-0.39, 0.29) is 11.9 Å². The van der Waals surface area contributed by atoms with Gasteiger partial charge < -0.3 is 14.8 Å². The Bertz CT molecular complexity index is 425. The first kappa shape index (κ1) is 15.4. The predicted molar refractivity (Wildman–Crippen MR) is 77.3 cm³/mol. The molecule has 1 fully saturated rings. The van der Waals surface area contributed by atoms with Gasteiger partial charge in [-0.2, -0.15) is 0 Å². The first-order valence-corrected chi connectivity index (χ1v) is 7.29. The molecule has 112 valence electrons. The van der Waals surface area contributed by atoms with Gasteiger partial charge in [0.05, 0.1) is 12.7 Å². The maximum Gasteiger partial charge on any atom is 0.129 e. The second-order valence-corrected chi connectivity index (χ2v) is 5.42. The number of hydrogen-bond donors (Lipinski definition) is 1. The Labute approximate surface area is 120 Å². The van der Waals surface area contributed by atoms with Crippen molar-refractivity contribution in [1.29, 1.82) is 0 Å². The summed E-state index contributed by atoms with van der Waals surface area (Å²) < 4.78 is 24.9.